The van der Waals surface area contributed by atoms with Crippen molar-refractivity contribution in [3.8, 4) is 17.3 Å². The molecule has 4 rings (SSSR count). The van der Waals surface area contributed by atoms with Crippen molar-refractivity contribution < 1.29 is 14.3 Å². The van der Waals surface area contributed by atoms with E-state index in [-0.39, 0.29) is 11.8 Å². The second kappa shape index (κ2) is 10.8. The Morgan fingerprint density at radius 2 is 1.76 bits per heavy atom. The number of nitrogens with one attached hydrogen (secondary N) is 1. The van der Waals surface area contributed by atoms with Crippen LogP contribution in [0.5, 0.6) is 11.5 Å². The topological polar surface area (TPSA) is 94.4 Å². The molecular formula is C24H30N6O3. The van der Waals surface area contributed by atoms with Gasteiger partial charge in [-0.25, -0.2) is 15.0 Å². The minimum atomic E-state index is 0.00364. The number of rotatable bonds is 9. The molecule has 174 valence electrons. The van der Waals surface area contributed by atoms with E-state index < -0.39 is 0 Å². The van der Waals surface area contributed by atoms with Crippen LogP contribution >= 0.6 is 0 Å². The molecular weight excluding hydrogens is 420 g/mol. The van der Waals surface area contributed by atoms with Gasteiger partial charge >= 0.3 is 0 Å². The lowest BCUT2D eigenvalue weighted by Crippen LogP contribution is -2.41. The Labute approximate surface area is 193 Å². The molecule has 9 nitrogen and oxygen atoms in total. The molecule has 0 spiro atoms. The Bertz CT molecular complexity index is 1040. The van der Waals surface area contributed by atoms with Gasteiger partial charge in [0, 0.05) is 37.5 Å². The van der Waals surface area contributed by atoms with Gasteiger partial charge in [0.2, 0.25) is 5.91 Å². The molecule has 1 amide bonds. The van der Waals surface area contributed by atoms with Gasteiger partial charge in [0.15, 0.2) is 0 Å². The van der Waals surface area contributed by atoms with Crippen LogP contribution in [0.3, 0.4) is 0 Å². The Morgan fingerprint density at radius 1 is 1.06 bits per heavy atom. The molecule has 0 atom stereocenters. The second-order valence-electron chi connectivity index (χ2n) is 7.88. The lowest BCUT2D eigenvalue weighted by Gasteiger charge is -2.32. The van der Waals surface area contributed by atoms with Gasteiger partial charge < -0.3 is 19.7 Å². The minimum absolute atomic E-state index is 0.00364. The highest BCUT2D eigenvalue weighted by atomic mass is 16.5. The molecule has 1 N–H and O–H groups in total. The highest BCUT2D eigenvalue weighted by Crippen LogP contribution is 2.23. The SMILES string of the molecule is CCOc1ccc(OCCNC(=O)C2CCN(c3cc(-n4ccnc4C)ncn3)CC2)cc1. The molecule has 3 heterocycles. The Morgan fingerprint density at radius 3 is 2.42 bits per heavy atom. The number of amides is 1. The van der Waals surface area contributed by atoms with Gasteiger partial charge in [-0.3, -0.25) is 9.36 Å². The highest BCUT2D eigenvalue weighted by Gasteiger charge is 2.25. The predicted octanol–water partition coefficient (Wildman–Crippen LogP) is 2.78. The number of carbonyl (C=O) groups is 1. The molecule has 1 aromatic carbocycles. The molecule has 0 bridgehead atoms. The number of hydrogen-bond donors (Lipinski definition) is 1. The summed E-state index contributed by atoms with van der Waals surface area (Å²) in [5.41, 5.74) is 0. The zero-order chi connectivity index (χ0) is 23.0. The molecule has 2 aromatic heterocycles. The standard InChI is InChI=1S/C24H30N6O3/c1-3-32-20-4-6-21(7-5-20)33-15-11-26-24(31)19-8-12-29(13-9-19)22-16-23(28-17-27-22)30-14-10-25-18(30)2/h4-7,10,14,16-17,19H,3,8-9,11-13,15H2,1-2H3,(H,26,31). The molecule has 3 aromatic rings. The van der Waals surface area contributed by atoms with Crippen LogP contribution in [0.15, 0.2) is 49.1 Å². The van der Waals surface area contributed by atoms with E-state index >= 15 is 0 Å². The Kier molecular flexibility index (Phi) is 7.39. The predicted molar refractivity (Wildman–Crippen MR) is 125 cm³/mol. The molecule has 33 heavy (non-hydrogen) atoms. The maximum Gasteiger partial charge on any atom is 0.223 e. The van der Waals surface area contributed by atoms with Gasteiger partial charge in [0.1, 0.15) is 41.9 Å². The highest BCUT2D eigenvalue weighted by molar-refractivity contribution is 5.79. The summed E-state index contributed by atoms with van der Waals surface area (Å²) >= 11 is 0. The average molecular weight is 451 g/mol. The summed E-state index contributed by atoms with van der Waals surface area (Å²) in [6, 6.07) is 9.46. The number of ether oxygens (including phenoxy) is 2. The van der Waals surface area contributed by atoms with Gasteiger partial charge in [0.25, 0.3) is 0 Å². The van der Waals surface area contributed by atoms with Gasteiger partial charge in [-0.1, -0.05) is 0 Å². The molecule has 1 aliphatic rings. The van der Waals surface area contributed by atoms with Gasteiger partial charge in [-0.15, -0.1) is 0 Å². The van der Waals surface area contributed by atoms with E-state index in [0.29, 0.717) is 19.8 Å². The number of imidazole rings is 1. The number of hydrogen-bond acceptors (Lipinski definition) is 7. The van der Waals surface area contributed by atoms with E-state index in [1.807, 2.05) is 54.9 Å². The van der Waals surface area contributed by atoms with Gasteiger partial charge in [-0.05, 0) is 51.0 Å². The van der Waals surface area contributed by atoms with Crippen molar-refractivity contribution in [1.29, 1.82) is 0 Å². The minimum Gasteiger partial charge on any atom is -0.494 e. The molecule has 1 saturated heterocycles. The zero-order valence-electron chi connectivity index (χ0n) is 19.1. The van der Waals surface area contributed by atoms with Crippen molar-refractivity contribution in [2.24, 2.45) is 5.92 Å². The number of carbonyl (C=O) groups excluding carboxylic acids is 1. The molecule has 1 fully saturated rings. The molecule has 0 radical (unpaired) electrons. The number of anilines is 1. The number of aryl methyl sites for hydroxylation is 1. The van der Waals surface area contributed by atoms with Crippen LogP contribution < -0.4 is 19.7 Å². The number of benzene rings is 1. The number of nitrogens with zero attached hydrogens (tertiary/aromatic N) is 5. The Hall–Kier alpha value is -3.62. The third kappa shape index (κ3) is 5.79. The first-order valence-corrected chi connectivity index (χ1v) is 11.3. The van der Waals surface area contributed by atoms with Crippen molar-refractivity contribution in [2.45, 2.75) is 26.7 Å². The van der Waals surface area contributed by atoms with Crippen LogP contribution in [0, 0.1) is 12.8 Å². The third-order valence-corrected chi connectivity index (χ3v) is 5.71. The van der Waals surface area contributed by atoms with Crippen molar-refractivity contribution in [1.82, 2.24) is 24.8 Å². The van der Waals surface area contributed by atoms with Crippen LogP contribution in [0.4, 0.5) is 5.82 Å². The monoisotopic (exact) mass is 450 g/mol. The van der Waals surface area contributed by atoms with E-state index in [0.717, 1.165) is 54.9 Å². The first kappa shape index (κ1) is 22.6. The summed E-state index contributed by atoms with van der Waals surface area (Å²) < 4.78 is 13.1. The molecule has 0 saturated carbocycles. The quantitative estimate of drug-likeness (QED) is 0.501. The zero-order valence-corrected chi connectivity index (χ0v) is 19.1. The van der Waals surface area contributed by atoms with Crippen LogP contribution in [0.1, 0.15) is 25.6 Å². The summed E-state index contributed by atoms with van der Waals surface area (Å²) in [6.45, 7) is 6.99. The van der Waals surface area contributed by atoms with Gasteiger partial charge in [0.05, 0.1) is 13.2 Å². The van der Waals surface area contributed by atoms with Crippen molar-refractivity contribution >= 4 is 11.7 Å². The fourth-order valence-corrected chi connectivity index (χ4v) is 3.92. The first-order valence-electron chi connectivity index (χ1n) is 11.3. The van der Waals surface area contributed by atoms with E-state index in [4.69, 9.17) is 9.47 Å². The molecule has 0 aliphatic carbocycles. The van der Waals surface area contributed by atoms with Crippen LogP contribution in [0.2, 0.25) is 0 Å². The Balaban J connectivity index is 1.20. The van der Waals surface area contributed by atoms with Crippen molar-refractivity contribution in [2.75, 3.05) is 37.7 Å². The molecule has 0 unspecified atom stereocenters. The lowest BCUT2D eigenvalue weighted by atomic mass is 9.96. The van der Waals surface area contributed by atoms with E-state index in [2.05, 4.69) is 25.2 Å². The van der Waals surface area contributed by atoms with E-state index in [9.17, 15) is 4.79 Å². The summed E-state index contributed by atoms with van der Waals surface area (Å²) in [5, 5.41) is 3.00. The third-order valence-electron chi connectivity index (χ3n) is 5.71. The van der Waals surface area contributed by atoms with Crippen molar-refractivity contribution in [3.05, 3.63) is 54.9 Å². The lowest BCUT2D eigenvalue weighted by molar-refractivity contribution is -0.125. The summed E-state index contributed by atoms with van der Waals surface area (Å²) in [7, 11) is 0. The van der Waals surface area contributed by atoms with Gasteiger partial charge in [-0.2, -0.15) is 0 Å². The van der Waals surface area contributed by atoms with Crippen LogP contribution in [-0.2, 0) is 4.79 Å². The van der Waals surface area contributed by atoms with Crippen LogP contribution in [-0.4, -0.2) is 58.3 Å². The number of aromatic nitrogens is 4. The average Bonchev–Trinajstić information content (AvgIpc) is 3.29. The second-order valence-corrected chi connectivity index (χ2v) is 7.88. The maximum absolute atomic E-state index is 12.6. The fourth-order valence-electron chi connectivity index (χ4n) is 3.92. The normalized spacial score (nSPS) is 14.2. The summed E-state index contributed by atoms with van der Waals surface area (Å²) in [5.74, 6) is 4.21. The fraction of sp³-hybridized carbons (Fsp3) is 0.417. The van der Waals surface area contributed by atoms with E-state index in [1.54, 1.807) is 12.5 Å². The maximum atomic E-state index is 12.6. The molecule has 1 aliphatic heterocycles. The first-order chi connectivity index (χ1) is 16.1. The number of piperidine rings is 1. The van der Waals surface area contributed by atoms with E-state index in [1.165, 1.54) is 0 Å². The van der Waals surface area contributed by atoms with Crippen LogP contribution in [0.25, 0.3) is 5.82 Å². The largest absolute Gasteiger partial charge is 0.494 e. The summed E-state index contributed by atoms with van der Waals surface area (Å²) in [6.07, 6.45) is 6.79. The molecule has 9 heteroatoms. The van der Waals surface area contributed by atoms with Crippen molar-refractivity contribution in [3.63, 3.8) is 0 Å². The smallest absolute Gasteiger partial charge is 0.223 e. The summed E-state index contributed by atoms with van der Waals surface area (Å²) in [4.78, 5) is 27.8.